The largest absolute Gasteiger partial charge is 0.329 e. The minimum absolute atomic E-state index is 0. The second-order valence-electron chi connectivity index (χ2n) is 3.20. The molecule has 4 N–H and O–H groups in total. The summed E-state index contributed by atoms with van der Waals surface area (Å²) in [6.45, 7) is 4.63. The minimum atomic E-state index is -0.0232. The average Bonchev–Trinajstić information content (AvgIpc) is 2.08. The highest BCUT2D eigenvalue weighted by molar-refractivity contribution is 5.85. The highest BCUT2D eigenvalue weighted by Crippen LogP contribution is 2.16. The zero-order valence-corrected chi connectivity index (χ0v) is 10.1. The second kappa shape index (κ2) is 7.07. The third-order valence-corrected chi connectivity index (χ3v) is 2.09. The molecule has 0 aliphatic rings. The first kappa shape index (κ1) is 16.2. The minimum Gasteiger partial charge on any atom is -0.329 e. The smallest absolute Gasteiger partial charge is 0.0422 e. The molecule has 4 heteroatoms. The van der Waals surface area contributed by atoms with Crippen molar-refractivity contribution in [1.29, 1.82) is 0 Å². The fourth-order valence-corrected chi connectivity index (χ4v) is 1.29. The number of benzene rings is 1. The highest BCUT2D eigenvalue weighted by atomic mass is 35.5. The van der Waals surface area contributed by atoms with Gasteiger partial charge >= 0.3 is 0 Å². The standard InChI is InChI=1S/C10H16N2.2ClH/c1-7-3-4-8(2)9(5-7)10(12)6-11;;/h3-5,10H,6,11-12H2,1-2H3;2*1H/t10-;;/m1../s1. The molecule has 0 radical (unpaired) electrons. The Bertz CT molecular complexity index is 277. The van der Waals surface area contributed by atoms with Gasteiger partial charge in [0.1, 0.15) is 0 Å². The second-order valence-corrected chi connectivity index (χ2v) is 3.20. The number of aryl methyl sites for hydroxylation is 2. The first-order chi connectivity index (χ1) is 5.65. The Labute approximate surface area is 97.9 Å². The fraction of sp³-hybridized carbons (Fsp3) is 0.400. The average molecular weight is 237 g/mol. The normalized spacial score (nSPS) is 11.1. The summed E-state index contributed by atoms with van der Waals surface area (Å²) in [5, 5.41) is 0. The molecular weight excluding hydrogens is 219 g/mol. The maximum absolute atomic E-state index is 5.84. The van der Waals surface area contributed by atoms with Crippen LogP contribution in [0.5, 0.6) is 0 Å². The summed E-state index contributed by atoms with van der Waals surface area (Å²) in [6.07, 6.45) is 0. The number of nitrogens with two attached hydrogens (primary N) is 2. The molecule has 0 unspecified atom stereocenters. The van der Waals surface area contributed by atoms with Crippen LogP contribution < -0.4 is 11.5 Å². The Hall–Kier alpha value is -0.280. The van der Waals surface area contributed by atoms with Crippen molar-refractivity contribution in [2.24, 2.45) is 11.5 Å². The lowest BCUT2D eigenvalue weighted by Crippen LogP contribution is -2.21. The lowest BCUT2D eigenvalue weighted by atomic mass is 10.00. The summed E-state index contributed by atoms with van der Waals surface area (Å²) in [5.74, 6) is 0. The van der Waals surface area contributed by atoms with Crippen molar-refractivity contribution in [3.63, 3.8) is 0 Å². The predicted octanol–water partition coefficient (Wildman–Crippen LogP) is 2.11. The molecule has 1 rings (SSSR count). The maximum Gasteiger partial charge on any atom is 0.0422 e. The van der Waals surface area contributed by atoms with Crippen LogP contribution in [0.25, 0.3) is 0 Å². The van der Waals surface area contributed by atoms with E-state index in [1.807, 2.05) is 0 Å². The molecule has 1 aromatic rings. The topological polar surface area (TPSA) is 52.0 Å². The van der Waals surface area contributed by atoms with Crippen molar-refractivity contribution in [2.75, 3.05) is 6.54 Å². The Balaban J connectivity index is 0. The zero-order chi connectivity index (χ0) is 9.14. The van der Waals surface area contributed by atoms with Gasteiger partial charge in [0, 0.05) is 12.6 Å². The van der Waals surface area contributed by atoms with E-state index < -0.39 is 0 Å². The van der Waals surface area contributed by atoms with Gasteiger partial charge in [0.25, 0.3) is 0 Å². The van der Waals surface area contributed by atoms with E-state index in [0.717, 1.165) is 5.56 Å². The van der Waals surface area contributed by atoms with Gasteiger partial charge < -0.3 is 11.5 Å². The molecule has 0 aliphatic carbocycles. The van der Waals surface area contributed by atoms with Crippen LogP contribution in [0.1, 0.15) is 22.7 Å². The van der Waals surface area contributed by atoms with Crippen molar-refractivity contribution in [3.05, 3.63) is 34.9 Å². The lowest BCUT2D eigenvalue weighted by Gasteiger charge is -2.12. The number of hydrogen-bond donors (Lipinski definition) is 2. The van der Waals surface area contributed by atoms with Gasteiger partial charge in [-0.05, 0) is 25.0 Å². The molecule has 0 bridgehead atoms. The van der Waals surface area contributed by atoms with E-state index in [1.54, 1.807) is 0 Å². The van der Waals surface area contributed by atoms with Crippen LogP contribution in [0.15, 0.2) is 18.2 Å². The molecule has 0 spiro atoms. The van der Waals surface area contributed by atoms with Crippen LogP contribution in [0.3, 0.4) is 0 Å². The van der Waals surface area contributed by atoms with Crippen molar-refractivity contribution in [1.82, 2.24) is 0 Å². The van der Waals surface area contributed by atoms with E-state index in [1.165, 1.54) is 11.1 Å². The van der Waals surface area contributed by atoms with E-state index in [4.69, 9.17) is 11.5 Å². The fourth-order valence-electron chi connectivity index (χ4n) is 1.29. The van der Waals surface area contributed by atoms with E-state index in [9.17, 15) is 0 Å². The lowest BCUT2D eigenvalue weighted by molar-refractivity contribution is 0.731. The van der Waals surface area contributed by atoms with E-state index in [2.05, 4.69) is 32.0 Å². The third-order valence-electron chi connectivity index (χ3n) is 2.09. The van der Waals surface area contributed by atoms with Gasteiger partial charge in [-0.3, -0.25) is 0 Å². The molecule has 0 fully saturated rings. The van der Waals surface area contributed by atoms with Crippen LogP contribution >= 0.6 is 24.8 Å². The molecule has 82 valence electrons. The molecule has 0 saturated carbocycles. The van der Waals surface area contributed by atoms with E-state index in [-0.39, 0.29) is 30.9 Å². The maximum atomic E-state index is 5.84. The summed E-state index contributed by atoms with van der Waals surface area (Å²) in [4.78, 5) is 0. The Morgan fingerprint density at radius 1 is 1.21 bits per heavy atom. The van der Waals surface area contributed by atoms with Crippen LogP contribution in [-0.2, 0) is 0 Å². The Morgan fingerprint density at radius 3 is 2.29 bits per heavy atom. The number of hydrogen-bond acceptors (Lipinski definition) is 2. The Kier molecular flexibility index (Phi) is 8.16. The first-order valence-electron chi connectivity index (χ1n) is 4.18. The van der Waals surface area contributed by atoms with Gasteiger partial charge in [-0.15, -0.1) is 24.8 Å². The molecule has 1 atom stereocenters. The van der Waals surface area contributed by atoms with Crippen LogP contribution in [0, 0.1) is 13.8 Å². The van der Waals surface area contributed by atoms with Gasteiger partial charge in [-0.1, -0.05) is 23.8 Å². The van der Waals surface area contributed by atoms with Crippen molar-refractivity contribution < 1.29 is 0 Å². The molecule has 1 aromatic carbocycles. The summed E-state index contributed by atoms with van der Waals surface area (Å²) in [5.41, 5.74) is 15.0. The molecule has 0 aromatic heterocycles. The molecule has 0 heterocycles. The Morgan fingerprint density at radius 2 is 1.79 bits per heavy atom. The third kappa shape index (κ3) is 3.84. The SMILES string of the molecule is Cc1ccc(C)c([C@H](N)CN)c1.Cl.Cl. The van der Waals surface area contributed by atoms with Crippen LogP contribution in [0.2, 0.25) is 0 Å². The predicted molar refractivity (Wildman–Crippen MR) is 66.4 cm³/mol. The summed E-state index contributed by atoms with van der Waals surface area (Å²) >= 11 is 0. The quantitative estimate of drug-likeness (QED) is 0.827. The highest BCUT2D eigenvalue weighted by Gasteiger charge is 2.05. The van der Waals surface area contributed by atoms with Crippen molar-refractivity contribution in [3.8, 4) is 0 Å². The summed E-state index contributed by atoms with van der Waals surface area (Å²) < 4.78 is 0. The van der Waals surface area contributed by atoms with Crippen molar-refractivity contribution in [2.45, 2.75) is 19.9 Å². The number of halogens is 2. The van der Waals surface area contributed by atoms with E-state index in [0.29, 0.717) is 6.54 Å². The molecular formula is C10H18Cl2N2. The van der Waals surface area contributed by atoms with Gasteiger partial charge in [-0.25, -0.2) is 0 Å². The van der Waals surface area contributed by atoms with Gasteiger partial charge in [0.05, 0.1) is 0 Å². The van der Waals surface area contributed by atoms with Crippen LogP contribution in [-0.4, -0.2) is 6.54 Å². The molecule has 0 amide bonds. The molecule has 14 heavy (non-hydrogen) atoms. The molecule has 0 saturated heterocycles. The first-order valence-corrected chi connectivity index (χ1v) is 4.18. The summed E-state index contributed by atoms with van der Waals surface area (Å²) in [6, 6.07) is 6.25. The zero-order valence-electron chi connectivity index (χ0n) is 8.49. The monoisotopic (exact) mass is 236 g/mol. The van der Waals surface area contributed by atoms with Crippen LogP contribution in [0.4, 0.5) is 0 Å². The number of rotatable bonds is 2. The van der Waals surface area contributed by atoms with Crippen molar-refractivity contribution >= 4 is 24.8 Å². The molecule has 2 nitrogen and oxygen atoms in total. The molecule has 0 aliphatic heterocycles. The van der Waals surface area contributed by atoms with Gasteiger partial charge in [0.2, 0.25) is 0 Å². The van der Waals surface area contributed by atoms with E-state index >= 15 is 0 Å². The van der Waals surface area contributed by atoms with Gasteiger partial charge in [-0.2, -0.15) is 0 Å². The summed E-state index contributed by atoms with van der Waals surface area (Å²) in [7, 11) is 0. The van der Waals surface area contributed by atoms with Gasteiger partial charge in [0.15, 0.2) is 0 Å².